The van der Waals surface area contributed by atoms with Crippen LogP contribution in [0.15, 0.2) is 48.5 Å². The van der Waals surface area contributed by atoms with Crippen molar-refractivity contribution in [3.63, 3.8) is 0 Å². The quantitative estimate of drug-likeness (QED) is 0.833. The number of phosphoric ester groups is 1. The van der Waals surface area contributed by atoms with Crippen LogP contribution in [0, 0.1) is 0 Å². The number of fused-ring (bicyclic) bond motifs is 4. The zero-order chi connectivity index (χ0) is 15.1. The topological polar surface area (TPSA) is 102 Å². The second-order valence-electron chi connectivity index (χ2n) is 4.23. The Hall–Kier alpha value is -1.62. The SMILES string of the molecule is O=P(O)(O)OP1(=O)Oc2ccc(c(-c3ccccc3)c2)O1. The molecule has 0 fully saturated rings. The maximum atomic E-state index is 12.2. The highest BCUT2D eigenvalue weighted by Gasteiger charge is 2.41. The van der Waals surface area contributed by atoms with E-state index in [0.717, 1.165) is 5.56 Å². The Bertz CT molecular complexity index is 768. The third-order valence-corrected chi connectivity index (χ3v) is 5.18. The lowest BCUT2D eigenvalue weighted by atomic mass is 10.0. The summed E-state index contributed by atoms with van der Waals surface area (Å²) in [6.07, 6.45) is 0. The van der Waals surface area contributed by atoms with Crippen LogP contribution in [0.3, 0.4) is 0 Å². The molecule has 9 heteroatoms. The number of benzene rings is 2. The molecule has 0 aliphatic carbocycles. The second kappa shape index (κ2) is 4.98. The molecule has 2 bridgehead atoms. The van der Waals surface area contributed by atoms with Gasteiger partial charge in [-0.3, -0.25) is 0 Å². The van der Waals surface area contributed by atoms with Crippen molar-refractivity contribution in [2.75, 3.05) is 0 Å². The van der Waals surface area contributed by atoms with Crippen molar-refractivity contribution >= 4 is 15.6 Å². The molecule has 2 aliphatic rings. The molecular weight excluding hydrogens is 318 g/mol. The lowest BCUT2D eigenvalue weighted by molar-refractivity contribution is 0.236. The van der Waals surface area contributed by atoms with Crippen molar-refractivity contribution in [2.24, 2.45) is 0 Å². The average Bonchev–Trinajstić information content (AvgIpc) is 2.62. The van der Waals surface area contributed by atoms with Gasteiger partial charge in [0.15, 0.2) is 0 Å². The van der Waals surface area contributed by atoms with E-state index in [4.69, 9.17) is 18.8 Å². The number of hydrogen-bond acceptors (Lipinski definition) is 5. The third-order valence-electron chi connectivity index (χ3n) is 2.67. The zero-order valence-electron chi connectivity index (χ0n) is 10.4. The van der Waals surface area contributed by atoms with Gasteiger partial charge in [-0.1, -0.05) is 30.3 Å². The van der Waals surface area contributed by atoms with Gasteiger partial charge in [0.1, 0.15) is 11.5 Å². The molecule has 0 spiro atoms. The summed E-state index contributed by atoms with van der Waals surface area (Å²) in [6.45, 7) is 0. The monoisotopic (exact) mass is 328 g/mol. The minimum atomic E-state index is -5.03. The summed E-state index contributed by atoms with van der Waals surface area (Å²) in [5.41, 5.74) is 1.36. The molecule has 2 aromatic rings. The molecule has 21 heavy (non-hydrogen) atoms. The molecule has 2 aromatic carbocycles. The second-order valence-corrected chi connectivity index (χ2v) is 7.12. The zero-order valence-corrected chi connectivity index (χ0v) is 12.2. The predicted molar refractivity (Wildman–Crippen MR) is 73.9 cm³/mol. The molecule has 0 aromatic heterocycles. The van der Waals surface area contributed by atoms with Crippen molar-refractivity contribution < 1.29 is 32.3 Å². The van der Waals surface area contributed by atoms with Crippen LogP contribution in [0.1, 0.15) is 0 Å². The minimum absolute atomic E-state index is 0.131. The normalized spacial score (nSPS) is 20.5. The fraction of sp³-hybridized carbons (Fsp3) is 0. The largest absolute Gasteiger partial charge is 0.596 e. The summed E-state index contributed by atoms with van der Waals surface area (Å²) in [5.74, 6) is 0.283. The van der Waals surface area contributed by atoms with Gasteiger partial charge in [0.25, 0.3) is 0 Å². The summed E-state index contributed by atoms with van der Waals surface area (Å²) in [5, 5.41) is 0. The fourth-order valence-corrected chi connectivity index (χ4v) is 4.04. The molecule has 2 aliphatic heterocycles. The lowest BCUT2D eigenvalue weighted by Crippen LogP contribution is -2.01. The Labute approximate surface area is 120 Å². The first-order valence-corrected chi connectivity index (χ1v) is 8.79. The first-order valence-electron chi connectivity index (χ1n) is 5.80. The molecule has 0 saturated heterocycles. The summed E-state index contributed by atoms with van der Waals surface area (Å²) >= 11 is 0. The Morgan fingerprint density at radius 1 is 1.05 bits per heavy atom. The van der Waals surface area contributed by atoms with E-state index in [1.54, 1.807) is 6.07 Å². The van der Waals surface area contributed by atoms with Gasteiger partial charge < -0.3 is 18.8 Å². The lowest BCUT2D eigenvalue weighted by Gasteiger charge is -2.15. The van der Waals surface area contributed by atoms with E-state index in [-0.39, 0.29) is 11.5 Å². The van der Waals surface area contributed by atoms with E-state index >= 15 is 0 Å². The van der Waals surface area contributed by atoms with Crippen molar-refractivity contribution in [1.82, 2.24) is 0 Å². The van der Waals surface area contributed by atoms with Crippen LogP contribution in [0.2, 0.25) is 0 Å². The van der Waals surface area contributed by atoms with Gasteiger partial charge in [-0.25, -0.2) is 9.13 Å². The summed E-state index contributed by atoms with van der Waals surface area (Å²) in [4.78, 5) is 17.6. The van der Waals surface area contributed by atoms with Crippen LogP contribution < -0.4 is 9.05 Å². The summed E-state index contributed by atoms with van der Waals surface area (Å²) in [7, 11) is -9.46. The Morgan fingerprint density at radius 2 is 1.76 bits per heavy atom. The molecule has 4 rings (SSSR count). The van der Waals surface area contributed by atoms with Gasteiger partial charge in [-0.15, -0.1) is 0 Å². The predicted octanol–water partition coefficient (Wildman–Crippen LogP) is 3.34. The first-order chi connectivity index (χ1) is 9.85. The molecule has 0 radical (unpaired) electrons. The van der Waals surface area contributed by atoms with E-state index in [0.29, 0.717) is 5.56 Å². The van der Waals surface area contributed by atoms with Crippen LogP contribution in [-0.2, 0) is 13.4 Å². The van der Waals surface area contributed by atoms with Crippen LogP contribution in [0.4, 0.5) is 0 Å². The molecule has 1 atom stereocenters. The van der Waals surface area contributed by atoms with Crippen LogP contribution in [-0.4, -0.2) is 9.79 Å². The molecule has 2 N–H and O–H groups in total. The highest BCUT2D eigenvalue weighted by atomic mass is 31.3. The number of phosphoric acid groups is 2. The molecule has 110 valence electrons. The maximum absolute atomic E-state index is 12.2. The molecule has 0 amide bonds. The van der Waals surface area contributed by atoms with E-state index in [1.165, 1.54) is 12.1 Å². The van der Waals surface area contributed by atoms with Gasteiger partial charge >= 0.3 is 15.6 Å². The maximum Gasteiger partial charge on any atom is 0.596 e. The van der Waals surface area contributed by atoms with Gasteiger partial charge in [-0.2, -0.15) is 4.31 Å². The smallest absolute Gasteiger partial charge is 0.395 e. The molecule has 0 saturated carbocycles. The van der Waals surface area contributed by atoms with E-state index in [2.05, 4.69) is 4.31 Å². The standard InChI is InChI=1S/C12H10O7P2/c13-20(14,15)19-21(16)17-10-6-7-12(18-21)11(8-10)9-4-2-1-3-5-9/h1-8H,(H2,13,14,15). The van der Waals surface area contributed by atoms with Gasteiger partial charge in [0, 0.05) is 5.56 Å². The van der Waals surface area contributed by atoms with Crippen molar-refractivity contribution in [3.8, 4) is 22.6 Å². The minimum Gasteiger partial charge on any atom is -0.395 e. The van der Waals surface area contributed by atoms with E-state index < -0.39 is 15.6 Å². The van der Waals surface area contributed by atoms with Crippen LogP contribution in [0.5, 0.6) is 11.5 Å². The Morgan fingerprint density at radius 3 is 2.43 bits per heavy atom. The van der Waals surface area contributed by atoms with Crippen molar-refractivity contribution in [2.45, 2.75) is 0 Å². The number of hydrogen-bond donors (Lipinski definition) is 2. The first kappa shape index (κ1) is 14.3. The van der Waals surface area contributed by atoms with Gasteiger partial charge in [-0.05, 0) is 23.8 Å². The molecular formula is C12H10O7P2. The van der Waals surface area contributed by atoms with Crippen molar-refractivity contribution in [1.29, 1.82) is 0 Å². The highest BCUT2D eigenvalue weighted by Crippen LogP contribution is 2.63. The van der Waals surface area contributed by atoms with Gasteiger partial charge in [0.2, 0.25) is 0 Å². The van der Waals surface area contributed by atoms with Crippen LogP contribution in [0.25, 0.3) is 11.1 Å². The van der Waals surface area contributed by atoms with E-state index in [9.17, 15) is 9.13 Å². The van der Waals surface area contributed by atoms with Crippen molar-refractivity contribution in [3.05, 3.63) is 48.5 Å². The summed E-state index contributed by atoms with van der Waals surface area (Å²) in [6, 6.07) is 13.6. The Balaban J connectivity index is 2.03. The Kier molecular flexibility index (Phi) is 3.40. The summed E-state index contributed by atoms with van der Waals surface area (Å²) < 4.78 is 37.4. The van der Waals surface area contributed by atoms with Gasteiger partial charge in [0.05, 0.1) is 0 Å². The van der Waals surface area contributed by atoms with E-state index in [1.807, 2.05) is 30.3 Å². The average molecular weight is 328 g/mol. The third kappa shape index (κ3) is 3.18. The highest BCUT2D eigenvalue weighted by molar-refractivity contribution is 7.61. The molecule has 2 heterocycles. The molecule has 1 unspecified atom stereocenters. The fourth-order valence-electron chi connectivity index (χ4n) is 1.92. The molecule has 7 nitrogen and oxygen atoms in total. The number of rotatable bonds is 3. The van der Waals surface area contributed by atoms with Crippen LogP contribution >= 0.6 is 15.6 Å².